The van der Waals surface area contributed by atoms with Gasteiger partial charge in [0, 0.05) is 5.02 Å². The third-order valence-electron chi connectivity index (χ3n) is 1.73. The smallest absolute Gasteiger partial charge is 0.338 e. The molecule has 0 heterocycles. The molecule has 1 aromatic carbocycles. The number of hydrogen-bond acceptors (Lipinski definition) is 1. The van der Waals surface area contributed by atoms with Crippen LogP contribution in [-0.4, -0.2) is 11.1 Å². The van der Waals surface area contributed by atoms with Crippen LogP contribution >= 0.6 is 11.6 Å². The second-order valence-electron chi connectivity index (χ2n) is 2.58. The maximum atomic E-state index is 13.1. The van der Waals surface area contributed by atoms with E-state index in [1.54, 1.807) is 6.92 Å². The van der Waals surface area contributed by atoms with E-state index in [1.165, 1.54) is 6.07 Å². The van der Waals surface area contributed by atoms with Crippen molar-refractivity contribution in [2.75, 3.05) is 0 Å². The minimum atomic E-state index is -1.26. The Balaban J connectivity index is 3.38. The second kappa shape index (κ2) is 3.75. The Hall–Kier alpha value is -1.09. The first-order valence-electron chi connectivity index (χ1n) is 3.77. The molecule has 0 unspecified atom stereocenters. The molecule has 0 saturated heterocycles. The van der Waals surface area contributed by atoms with Gasteiger partial charge in [0.25, 0.3) is 0 Å². The van der Waals surface area contributed by atoms with Crippen molar-refractivity contribution in [3.05, 3.63) is 34.1 Å². The first-order chi connectivity index (χ1) is 6.06. The largest absolute Gasteiger partial charge is 0.478 e. The maximum Gasteiger partial charge on any atom is 0.338 e. The Labute approximate surface area is 80.0 Å². The Morgan fingerprint density at radius 2 is 2.23 bits per heavy atom. The molecule has 1 aromatic rings. The van der Waals surface area contributed by atoms with Crippen molar-refractivity contribution < 1.29 is 14.3 Å². The lowest BCUT2D eigenvalue weighted by Gasteiger charge is -2.04. The van der Waals surface area contributed by atoms with Crippen LogP contribution in [0, 0.1) is 5.82 Å². The first kappa shape index (κ1) is 9.99. The van der Waals surface area contributed by atoms with Gasteiger partial charge in [-0.3, -0.25) is 0 Å². The Morgan fingerprint density at radius 3 is 2.69 bits per heavy atom. The lowest BCUT2D eigenvalue weighted by atomic mass is 10.1. The van der Waals surface area contributed by atoms with E-state index >= 15 is 0 Å². The zero-order valence-corrected chi connectivity index (χ0v) is 7.73. The normalized spacial score (nSPS) is 10.1. The fraction of sp³-hybridized carbons (Fsp3) is 0.222. The van der Waals surface area contributed by atoms with E-state index in [2.05, 4.69) is 0 Å². The molecule has 13 heavy (non-hydrogen) atoms. The molecule has 4 heteroatoms. The third kappa shape index (κ3) is 1.98. The lowest BCUT2D eigenvalue weighted by Crippen LogP contribution is -2.05. The number of carboxylic acids is 1. The molecule has 0 aliphatic rings. The molecule has 0 aliphatic carbocycles. The molecule has 0 aliphatic heterocycles. The number of aromatic carboxylic acids is 1. The summed E-state index contributed by atoms with van der Waals surface area (Å²) in [7, 11) is 0. The van der Waals surface area contributed by atoms with E-state index in [-0.39, 0.29) is 10.6 Å². The Kier molecular flexibility index (Phi) is 2.88. The summed E-state index contributed by atoms with van der Waals surface area (Å²) in [6.45, 7) is 1.75. The molecule has 0 radical (unpaired) electrons. The first-order valence-corrected chi connectivity index (χ1v) is 4.15. The summed E-state index contributed by atoms with van der Waals surface area (Å²) in [5, 5.41) is 8.91. The van der Waals surface area contributed by atoms with Crippen LogP contribution in [0.3, 0.4) is 0 Å². The van der Waals surface area contributed by atoms with Crippen molar-refractivity contribution in [1.82, 2.24) is 0 Å². The third-order valence-corrected chi connectivity index (χ3v) is 1.95. The molecule has 70 valence electrons. The van der Waals surface area contributed by atoms with Crippen LogP contribution in [0.1, 0.15) is 22.8 Å². The van der Waals surface area contributed by atoms with Crippen molar-refractivity contribution in [2.45, 2.75) is 13.3 Å². The molecule has 0 saturated carbocycles. The summed E-state index contributed by atoms with van der Waals surface area (Å²) >= 11 is 5.57. The highest BCUT2D eigenvalue weighted by Crippen LogP contribution is 2.20. The molecule has 0 bridgehead atoms. The molecule has 0 aromatic heterocycles. The van der Waals surface area contributed by atoms with Crippen LogP contribution in [0.4, 0.5) is 4.39 Å². The number of aryl methyl sites for hydroxylation is 1. The topological polar surface area (TPSA) is 37.3 Å². The van der Waals surface area contributed by atoms with Crippen LogP contribution in [0.2, 0.25) is 5.02 Å². The fourth-order valence-electron chi connectivity index (χ4n) is 1.15. The number of halogens is 2. The number of carbonyl (C=O) groups is 1. The quantitative estimate of drug-likeness (QED) is 0.801. The molecule has 0 spiro atoms. The van der Waals surface area contributed by atoms with Crippen molar-refractivity contribution in [1.29, 1.82) is 0 Å². The number of carboxylic acid groups (broad SMARTS) is 1. The minimum Gasteiger partial charge on any atom is -0.478 e. The van der Waals surface area contributed by atoms with Gasteiger partial charge in [0.15, 0.2) is 0 Å². The summed E-state index contributed by atoms with van der Waals surface area (Å²) in [5.74, 6) is -2.04. The van der Waals surface area contributed by atoms with Gasteiger partial charge in [-0.15, -0.1) is 0 Å². The predicted molar refractivity (Wildman–Crippen MR) is 47.7 cm³/mol. The molecule has 1 rings (SSSR count). The van der Waals surface area contributed by atoms with Crippen LogP contribution in [0.5, 0.6) is 0 Å². The summed E-state index contributed by atoms with van der Waals surface area (Å²) in [5.41, 5.74) is 0.129. The van der Waals surface area contributed by atoms with Gasteiger partial charge in [0.1, 0.15) is 5.82 Å². The van der Waals surface area contributed by atoms with Crippen LogP contribution in [0.15, 0.2) is 12.1 Å². The summed E-state index contributed by atoms with van der Waals surface area (Å²) < 4.78 is 13.1. The van der Waals surface area contributed by atoms with E-state index in [0.717, 1.165) is 6.07 Å². The summed E-state index contributed by atoms with van der Waals surface area (Å²) in [6.07, 6.45) is 0.444. The molecule has 0 atom stereocenters. The SMILES string of the molecule is CCc1cc(Cl)cc(F)c1C(=O)O. The van der Waals surface area contributed by atoms with Crippen LogP contribution in [0.25, 0.3) is 0 Å². The molecular weight excluding hydrogens is 195 g/mol. The van der Waals surface area contributed by atoms with E-state index < -0.39 is 11.8 Å². The van der Waals surface area contributed by atoms with Gasteiger partial charge >= 0.3 is 5.97 Å². The molecule has 0 amide bonds. The second-order valence-corrected chi connectivity index (χ2v) is 3.02. The monoisotopic (exact) mass is 202 g/mol. The highest BCUT2D eigenvalue weighted by Gasteiger charge is 2.15. The number of rotatable bonds is 2. The van der Waals surface area contributed by atoms with E-state index in [0.29, 0.717) is 12.0 Å². The average molecular weight is 203 g/mol. The van der Waals surface area contributed by atoms with Gasteiger partial charge in [-0.2, -0.15) is 0 Å². The molecular formula is C9H8ClFO2. The highest BCUT2D eigenvalue weighted by atomic mass is 35.5. The zero-order valence-electron chi connectivity index (χ0n) is 6.97. The van der Waals surface area contributed by atoms with Gasteiger partial charge in [-0.05, 0) is 24.1 Å². The van der Waals surface area contributed by atoms with E-state index in [4.69, 9.17) is 16.7 Å². The molecule has 0 fully saturated rings. The Bertz CT molecular complexity index is 350. The Morgan fingerprint density at radius 1 is 1.62 bits per heavy atom. The van der Waals surface area contributed by atoms with E-state index in [9.17, 15) is 9.18 Å². The lowest BCUT2D eigenvalue weighted by molar-refractivity contribution is 0.0690. The van der Waals surface area contributed by atoms with Gasteiger partial charge in [0.05, 0.1) is 5.56 Å². The summed E-state index contributed by atoms with van der Waals surface area (Å²) in [4.78, 5) is 10.6. The van der Waals surface area contributed by atoms with Crippen molar-refractivity contribution >= 4 is 17.6 Å². The van der Waals surface area contributed by atoms with Crippen molar-refractivity contribution in [3.8, 4) is 0 Å². The van der Waals surface area contributed by atoms with Crippen molar-refractivity contribution in [3.63, 3.8) is 0 Å². The zero-order chi connectivity index (χ0) is 10.0. The van der Waals surface area contributed by atoms with E-state index in [1.807, 2.05) is 0 Å². The average Bonchev–Trinajstić information content (AvgIpc) is 2.01. The van der Waals surface area contributed by atoms with Crippen LogP contribution in [-0.2, 0) is 6.42 Å². The van der Waals surface area contributed by atoms with Gasteiger partial charge in [-0.1, -0.05) is 18.5 Å². The summed E-state index contributed by atoms with van der Waals surface area (Å²) in [6, 6.07) is 2.47. The van der Waals surface area contributed by atoms with Gasteiger partial charge < -0.3 is 5.11 Å². The predicted octanol–water partition coefficient (Wildman–Crippen LogP) is 2.74. The number of hydrogen-bond donors (Lipinski definition) is 1. The van der Waals surface area contributed by atoms with Crippen LogP contribution < -0.4 is 0 Å². The molecule has 2 nitrogen and oxygen atoms in total. The standard InChI is InChI=1S/C9H8ClFO2/c1-2-5-3-6(10)4-7(11)8(5)9(12)13/h3-4H,2H2,1H3,(H,12,13). The van der Waals surface area contributed by atoms with Crippen molar-refractivity contribution in [2.24, 2.45) is 0 Å². The fourth-order valence-corrected chi connectivity index (χ4v) is 1.37. The van der Waals surface area contributed by atoms with Gasteiger partial charge in [-0.25, -0.2) is 9.18 Å². The van der Waals surface area contributed by atoms with Gasteiger partial charge in [0.2, 0.25) is 0 Å². The number of benzene rings is 1. The minimum absolute atomic E-state index is 0.222. The maximum absolute atomic E-state index is 13.1. The molecule has 1 N–H and O–H groups in total. The highest BCUT2D eigenvalue weighted by molar-refractivity contribution is 6.30.